The minimum absolute atomic E-state index is 0.154. The minimum atomic E-state index is -0.259. The molecule has 1 aliphatic heterocycles. The normalized spacial score (nSPS) is 15.6. The molecule has 1 heterocycles. The molecule has 1 amide bonds. The number of anilines is 1. The third kappa shape index (κ3) is 4.75. The van der Waals surface area contributed by atoms with Crippen LogP contribution in [0.2, 0.25) is 0 Å². The Kier molecular flexibility index (Phi) is 6.25. The number of hydrogen-bond acceptors (Lipinski definition) is 4. The number of rotatable bonds is 4. The van der Waals surface area contributed by atoms with Gasteiger partial charge in [-0.05, 0) is 52.0 Å². The molecule has 6 heteroatoms. The maximum absolute atomic E-state index is 13.1. The van der Waals surface area contributed by atoms with Crippen LogP contribution >= 0.6 is 0 Å². The van der Waals surface area contributed by atoms with Crippen LogP contribution in [0.15, 0.2) is 36.0 Å². The topological polar surface area (TPSA) is 50.6 Å². The van der Waals surface area contributed by atoms with Gasteiger partial charge in [0, 0.05) is 50.2 Å². The molecule has 1 saturated heterocycles. The quantitative estimate of drug-likeness (QED) is 0.613. The Bertz CT molecular complexity index is 692. The lowest BCUT2D eigenvalue weighted by molar-refractivity contribution is -0.127. The van der Waals surface area contributed by atoms with Gasteiger partial charge in [-0.3, -0.25) is 4.79 Å². The molecule has 0 aromatic heterocycles. The van der Waals surface area contributed by atoms with Crippen molar-refractivity contribution in [3.63, 3.8) is 0 Å². The summed E-state index contributed by atoms with van der Waals surface area (Å²) in [7, 11) is 0. The first-order valence-corrected chi connectivity index (χ1v) is 8.94. The maximum Gasteiger partial charge on any atom is 0.266 e. The summed E-state index contributed by atoms with van der Waals surface area (Å²) in [6.07, 6.45) is 1.68. The minimum Gasteiger partial charge on any atom is -0.372 e. The van der Waals surface area contributed by atoms with Gasteiger partial charge in [0.2, 0.25) is 0 Å². The second kappa shape index (κ2) is 8.22. The van der Waals surface area contributed by atoms with Gasteiger partial charge in [-0.15, -0.1) is 0 Å². The van der Waals surface area contributed by atoms with Gasteiger partial charge in [-0.1, -0.05) is 0 Å². The Morgan fingerprint density at radius 1 is 1.23 bits per heavy atom. The molecule has 0 N–H and O–H groups in total. The number of hydrogen-bond donors (Lipinski definition) is 0. The Labute approximate surface area is 155 Å². The number of nitriles is 1. The maximum atomic E-state index is 13.1. The third-order valence-corrected chi connectivity index (χ3v) is 4.60. The lowest BCUT2D eigenvalue weighted by atomic mass is 10.1. The lowest BCUT2D eigenvalue weighted by Crippen LogP contribution is -2.49. The van der Waals surface area contributed by atoms with Crippen molar-refractivity contribution in [1.29, 1.82) is 5.26 Å². The number of amides is 1. The van der Waals surface area contributed by atoms with E-state index in [1.165, 1.54) is 12.1 Å². The fraction of sp³-hybridized carbons (Fsp3) is 0.500. The SMILES string of the molecule is CCN(/C=C(/C#N)C(=O)N1CCN(c2ccc(F)cc2)CC1)C(C)(C)C. The van der Waals surface area contributed by atoms with E-state index in [0.717, 1.165) is 12.2 Å². The summed E-state index contributed by atoms with van der Waals surface area (Å²) in [6, 6.07) is 8.43. The molecule has 140 valence electrons. The number of halogens is 1. The third-order valence-electron chi connectivity index (χ3n) is 4.60. The average Bonchev–Trinajstić information content (AvgIpc) is 2.62. The van der Waals surface area contributed by atoms with Gasteiger partial charge in [0.25, 0.3) is 5.91 Å². The van der Waals surface area contributed by atoms with E-state index in [-0.39, 0.29) is 22.8 Å². The molecule has 1 fully saturated rings. The van der Waals surface area contributed by atoms with Crippen molar-refractivity contribution in [3.05, 3.63) is 41.9 Å². The molecule has 0 bridgehead atoms. The van der Waals surface area contributed by atoms with Crippen LogP contribution in [0.25, 0.3) is 0 Å². The predicted octanol–water partition coefficient (Wildman–Crippen LogP) is 3.00. The van der Waals surface area contributed by atoms with Crippen LogP contribution < -0.4 is 4.90 Å². The molecule has 26 heavy (non-hydrogen) atoms. The van der Waals surface area contributed by atoms with Crippen molar-refractivity contribution in [2.45, 2.75) is 33.2 Å². The highest BCUT2D eigenvalue weighted by molar-refractivity contribution is 5.97. The van der Waals surface area contributed by atoms with Gasteiger partial charge in [0.05, 0.1) is 0 Å². The van der Waals surface area contributed by atoms with Gasteiger partial charge in [-0.2, -0.15) is 5.26 Å². The molecule has 1 aromatic rings. The van der Waals surface area contributed by atoms with E-state index >= 15 is 0 Å². The van der Waals surface area contributed by atoms with Crippen molar-refractivity contribution in [3.8, 4) is 6.07 Å². The Hall–Kier alpha value is -2.55. The number of nitrogens with zero attached hydrogens (tertiary/aromatic N) is 4. The highest BCUT2D eigenvalue weighted by Crippen LogP contribution is 2.19. The van der Waals surface area contributed by atoms with Crippen molar-refractivity contribution in [1.82, 2.24) is 9.80 Å². The van der Waals surface area contributed by atoms with Gasteiger partial charge in [0.15, 0.2) is 0 Å². The predicted molar refractivity (Wildman–Crippen MR) is 101 cm³/mol. The summed E-state index contributed by atoms with van der Waals surface area (Å²) in [5, 5.41) is 9.45. The zero-order valence-corrected chi connectivity index (χ0v) is 16.0. The zero-order chi connectivity index (χ0) is 19.3. The summed E-state index contributed by atoms with van der Waals surface area (Å²) in [4.78, 5) is 18.6. The second-order valence-corrected chi connectivity index (χ2v) is 7.37. The molecule has 5 nitrogen and oxygen atoms in total. The summed E-state index contributed by atoms with van der Waals surface area (Å²) in [5.41, 5.74) is 0.953. The summed E-state index contributed by atoms with van der Waals surface area (Å²) < 4.78 is 13.1. The summed E-state index contributed by atoms with van der Waals surface area (Å²) in [6.45, 7) is 11.3. The molecule has 0 radical (unpaired) electrons. The van der Waals surface area contributed by atoms with Crippen molar-refractivity contribution in [2.24, 2.45) is 0 Å². The molecule has 1 aliphatic rings. The van der Waals surface area contributed by atoms with E-state index in [1.54, 1.807) is 23.2 Å². The molecule has 0 saturated carbocycles. The number of benzene rings is 1. The smallest absolute Gasteiger partial charge is 0.266 e. The van der Waals surface area contributed by atoms with Crippen LogP contribution in [0.5, 0.6) is 0 Å². The van der Waals surface area contributed by atoms with Gasteiger partial charge in [0.1, 0.15) is 17.5 Å². The molecular weight excluding hydrogens is 331 g/mol. The Morgan fingerprint density at radius 2 is 1.81 bits per heavy atom. The molecule has 0 unspecified atom stereocenters. The van der Waals surface area contributed by atoms with Crippen LogP contribution in [0.3, 0.4) is 0 Å². The summed E-state index contributed by atoms with van der Waals surface area (Å²) in [5.74, 6) is -0.486. The van der Waals surface area contributed by atoms with Crippen molar-refractivity contribution >= 4 is 11.6 Å². The molecular formula is C20H27FN4O. The van der Waals surface area contributed by atoms with Crippen LogP contribution in [0, 0.1) is 17.1 Å². The van der Waals surface area contributed by atoms with E-state index in [1.807, 2.05) is 32.6 Å². The Morgan fingerprint density at radius 3 is 2.27 bits per heavy atom. The van der Waals surface area contributed by atoms with Crippen LogP contribution in [-0.2, 0) is 4.79 Å². The standard InChI is InChI=1S/C20H27FN4O/c1-5-25(20(2,3)4)15-16(14-22)19(26)24-12-10-23(11-13-24)18-8-6-17(21)7-9-18/h6-9,15H,5,10-13H2,1-4H3/b16-15-. The van der Waals surface area contributed by atoms with Crippen LogP contribution in [-0.4, -0.2) is 54.0 Å². The zero-order valence-electron chi connectivity index (χ0n) is 16.0. The molecule has 2 rings (SSSR count). The number of piperazine rings is 1. The lowest BCUT2D eigenvalue weighted by Gasteiger charge is -2.37. The monoisotopic (exact) mass is 358 g/mol. The highest BCUT2D eigenvalue weighted by atomic mass is 19.1. The first-order chi connectivity index (χ1) is 12.3. The van der Waals surface area contributed by atoms with E-state index in [9.17, 15) is 14.4 Å². The van der Waals surface area contributed by atoms with E-state index < -0.39 is 0 Å². The van der Waals surface area contributed by atoms with Crippen molar-refractivity contribution in [2.75, 3.05) is 37.6 Å². The molecule has 0 atom stereocenters. The first kappa shape index (κ1) is 19.8. The van der Waals surface area contributed by atoms with Gasteiger partial charge < -0.3 is 14.7 Å². The average molecular weight is 358 g/mol. The number of carbonyl (C=O) groups excluding carboxylic acids is 1. The molecule has 0 spiro atoms. The first-order valence-electron chi connectivity index (χ1n) is 8.94. The Balaban J connectivity index is 2.04. The van der Waals surface area contributed by atoms with Crippen LogP contribution in [0.4, 0.5) is 10.1 Å². The van der Waals surface area contributed by atoms with E-state index in [4.69, 9.17) is 0 Å². The molecule has 1 aromatic carbocycles. The highest BCUT2D eigenvalue weighted by Gasteiger charge is 2.26. The van der Waals surface area contributed by atoms with Gasteiger partial charge >= 0.3 is 0 Å². The second-order valence-electron chi connectivity index (χ2n) is 7.37. The van der Waals surface area contributed by atoms with E-state index in [2.05, 4.69) is 11.0 Å². The largest absolute Gasteiger partial charge is 0.372 e. The number of carbonyl (C=O) groups is 1. The van der Waals surface area contributed by atoms with Gasteiger partial charge in [-0.25, -0.2) is 4.39 Å². The fourth-order valence-corrected chi connectivity index (χ4v) is 3.04. The summed E-state index contributed by atoms with van der Waals surface area (Å²) >= 11 is 0. The van der Waals surface area contributed by atoms with Crippen molar-refractivity contribution < 1.29 is 9.18 Å². The van der Waals surface area contributed by atoms with Crippen LogP contribution in [0.1, 0.15) is 27.7 Å². The van der Waals surface area contributed by atoms with E-state index in [0.29, 0.717) is 26.2 Å². The molecule has 0 aliphatic carbocycles. The fourth-order valence-electron chi connectivity index (χ4n) is 3.04.